The molecule has 2 unspecified atom stereocenters. The summed E-state index contributed by atoms with van der Waals surface area (Å²) < 4.78 is 0. The van der Waals surface area contributed by atoms with Gasteiger partial charge in [-0.1, -0.05) is 38.0 Å². The Bertz CT molecular complexity index is 450. The Balaban J connectivity index is 2.23. The van der Waals surface area contributed by atoms with E-state index in [0.29, 0.717) is 11.5 Å². The highest BCUT2D eigenvalue weighted by Crippen LogP contribution is 2.45. The smallest absolute Gasteiger partial charge is 0.0138 e. The highest BCUT2D eigenvalue weighted by molar-refractivity contribution is 5.38. The number of hydrogen-bond donors (Lipinski definition) is 1. The van der Waals surface area contributed by atoms with Crippen molar-refractivity contribution in [1.29, 1.82) is 0 Å². The van der Waals surface area contributed by atoms with E-state index in [1.54, 1.807) is 5.56 Å². The van der Waals surface area contributed by atoms with Crippen molar-refractivity contribution in [3.63, 3.8) is 0 Å². The molecule has 2 rings (SSSR count). The summed E-state index contributed by atoms with van der Waals surface area (Å²) >= 11 is 0. The number of hydrogen-bond acceptors (Lipinski definition) is 1. The summed E-state index contributed by atoms with van der Waals surface area (Å²) in [6.45, 7) is 11.6. The summed E-state index contributed by atoms with van der Waals surface area (Å²) in [5, 5.41) is 3.62. The largest absolute Gasteiger partial charge is 0.316 e. The first-order valence-corrected chi connectivity index (χ1v) is 8.09. The van der Waals surface area contributed by atoms with Gasteiger partial charge in [0.2, 0.25) is 0 Å². The maximum atomic E-state index is 3.62. The van der Waals surface area contributed by atoms with Gasteiger partial charge in [0.15, 0.2) is 0 Å². The molecule has 1 aliphatic rings. The third kappa shape index (κ3) is 3.09. The first-order valence-electron chi connectivity index (χ1n) is 8.09. The van der Waals surface area contributed by atoms with Crippen molar-refractivity contribution in [2.24, 2.45) is 11.3 Å². The molecule has 0 aliphatic heterocycles. The summed E-state index contributed by atoms with van der Waals surface area (Å²) in [5.41, 5.74) is 6.33. The van der Waals surface area contributed by atoms with E-state index in [1.165, 1.54) is 42.4 Å². The van der Waals surface area contributed by atoms with Gasteiger partial charge in [0.1, 0.15) is 0 Å². The fourth-order valence-electron chi connectivity index (χ4n) is 4.30. The predicted octanol–water partition coefficient (Wildman–Crippen LogP) is 4.57. The van der Waals surface area contributed by atoms with E-state index in [9.17, 15) is 0 Å². The van der Waals surface area contributed by atoms with Crippen LogP contribution in [0.4, 0.5) is 0 Å². The number of benzene rings is 1. The van der Waals surface area contributed by atoms with Gasteiger partial charge in [0, 0.05) is 6.04 Å². The van der Waals surface area contributed by atoms with Crippen LogP contribution in [-0.2, 0) is 6.42 Å². The number of likely N-dealkylation sites (N-methyl/N-ethyl adjacent to an activating group) is 1. The van der Waals surface area contributed by atoms with E-state index >= 15 is 0 Å². The summed E-state index contributed by atoms with van der Waals surface area (Å²) in [6, 6.07) is 5.26. The van der Waals surface area contributed by atoms with Gasteiger partial charge in [-0.2, -0.15) is 0 Å². The first kappa shape index (κ1) is 15.6. The monoisotopic (exact) mass is 273 g/mol. The minimum atomic E-state index is 0.486. The SMILES string of the molecule is CNC(Cc1c(C)cc(C)cc1C)C1CCCC1(C)C. The number of rotatable bonds is 4. The Morgan fingerprint density at radius 2 is 1.80 bits per heavy atom. The Labute approximate surface area is 125 Å². The first-order chi connectivity index (χ1) is 9.35. The lowest BCUT2D eigenvalue weighted by molar-refractivity contribution is 0.201. The number of nitrogens with one attached hydrogen (secondary N) is 1. The molecular weight excluding hydrogens is 242 g/mol. The zero-order chi connectivity index (χ0) is 14.9. The zero-order valence-electron chi connectivity index (χ0n) is 14.1. The fraction of sp³-hybridized carbons (Fsp3) is 0.684. The van der Waals surface area contributed by atoms with Crippen molar-refractivity contribution in [3.8, 4) is 0 Å². The second kappa shape index (κ2) is 5.89. The van der Waals surface area contributed by atoms with Gasteiger partial charge in [-0.05, 0) is 75.1 Å². The van der Waals surface area contributed by atoms with Gasteiger partial charge in [-0.25, -0.2) is 0 Å². The van der Waals surface area contributed by atoms with Crippen LogP contribution in [0.5, 0.6) is 0 Å². The van der Waals surface area contributed by atoms with E-state index in [-0.39, 0.29) is 0 Å². The minimum absolute atomic E-state index is 0.486. The molecule has 1 fully saturated rings. The van der Waals surface area contributed by atoms with Crippen molar-refractivity contribution in [3.05, 3.63) is 34.4 Å². The third-order valence-electron chi connectivity index (χ3n) is 5.46. The Kier molecular flexibility index (Phi) is 4.59. The third-order valence-corrected chi connectivity index (χ3v) is 5.46. The van der Waals surface area contributed by atoms with Gasteiger partial charge in [-0.15, -0.1) is 0 Å². The lowest BCUT2D eigenvalue weighted by atomic mass is 9.75. The molecule has 1 nitrogen and oxygen atoms in total. The van der Waals surface area contributed by atoms with Crippen LogP contribution < -0.4 is 5.32 Å². The topological polar surface area (TPSA) is 12.0 Å². The van der Waals surface area contributed by atoms with Crippen LogP contribution in [0, 0.1) is 32.1 Å². The lowest BCUT2D eigenvalue weighted by Gasteiger charge is -2.35. The van der Waals surface area contributed by atoms with Gasteiger partial charge in [-0.3, -0.25) is 0 Å². The molecule has 0 saturated heterocycles. The normalized spacial score (nSPS) is 23.0. The fourth-order valence-corrected chi connectivity index (χ4v) is 4.30. The Hall–Kier alpha value is -0.820. The van der Waals surface area contributed by atoms with Gasteiger partial charge >= 0.3 is 0 Å². The summed E-state index contributed by atoms with van der Waals surface area (Å²) in [7, 11) is 2.14. The molecule has 112 valence electrons. The van der Waals surface area contributed by atoms with Crippen LogP contribution in [0.25, 0.3) is 0 Å². The molecule has 0 aromatic heterocycles. The molecule has 0 heterocycles. The quantitative estimate of drug-likeness (QED) is 0.847. The molecule has 0 amide bonds. The van der Waals surface area contributed by atoms with E-state index in [1.807, 2.05) is 0 Å². The zero-order valence-corrected chi connectivity index (χ0v) is 14.1. The molecule has 1 aliphatic carbocycles. The average molecular weight is 273 g/mol. The molecule has 1 aromatic carbocycles. The van der Waals surface area contributed by atoms with Crippen molar-refractivity contribution < 1.29 is 0 Å². The van der Waals surface area contributed by atoms with Crippen LogP contribution in [-0.4, -0.2) is 13.1 Å². The van der Waals surface area contributed by atoms with Crippen LogP contribution in [0.2, 0.25) is 0 Å². The highest BCUT2D eigenvalue weighted by atomic mass is 14.9. The van der Waals surface area contributed by atoms with Gasteiger partial charge < -0.3 is 5.32 Å². The molecule has 0 spiro atoms. The molecular formula is C19H31N. The summed E-state index contributed by atoms with van der Waals surface area (Å²) in [5.74, 6) is 0.799. The van der Waals surface area contributed by atoms with Crippen molar-refractivity contribution in [1.82, 2.24) is 5.32 Å². The van der Waals surface area contributed by atoms with E-state index in [2.05, 4.69) is 59.1 Å². The molecule has 1 saturated carbocycles. The predicted molar refractivity (Wildman–Crippen MR) is 88.3 cm³/mol. The van der Waals surface area contributed by atoms with E-state index < -0.39 is 0 Å². The van der Waals surface area contributed by atoms with E-state index in [4.69, 9.17) is 0 Å². The maximum absolute atomic E-state index is 3.62. The Morgan fingerprint density at radius 1 is 1.20 bits per heavy atom. The maximum Gasteiger partial charge on any atom is 0.0138 e. The molecule has 1 N–H and O–H groups in total. The lowest BCUT2D eigenvalue weighted by Crippen LogP contribution is -2.40. The van der Waals surface area contributed by atoms with Gasteiger partial charge in [0.25, 0.3) is 0 Å². The van der Waals surface area contributed by atoms with Crippen molar-refractivity contribution in [2.75, 3.05) is 7.05 Å². The molecule has 1 heteroatoms. The average Bonchev–Trinajstić information content (AvgIpc) is 2.68. The van der Waals surface area contributed by atoms with Crippen LogP contribution in [0.3, 0.4) is 0 Å². The molecule has 1 aromatic rings. The number of aryl methyl sites for hydroxylation is 3. The van der Waals surface area contributed by atoms with Crippen molar-refractivity contribution in [2.45, 2.75) is 66.3 Å². The highest BCUT2D eigenvalue weighted by Gasteiger charge is 2.39. The summed E-state index contributed by atoms with van der Waals surface area (Å²) in [4.78, 5) is 0. The Morgan fingerprint density at radius 3 is 2.25 bits per heavy atom. The van der Waals surface area contributed by atoms with Crippen LogP contribution in [0.15, 0.2) is 12.1 Å². The second-order valence-corrected chi connectivity index (χ2v) is 7.46. The standard InChI is InChI=1S/C19H31N/c1-13-10-14(2)16(15(3)11-13)12-18(20-6)17-8-7-9-19(17,4)5/h10-11,17-18,20H,7-9,12H2,1-6H3. The van der Waals surface area contributed by atoms with E-state index in [0.717, 1.165) is 5.92 Å². The molecule has 20 heavy (non-hydrogen) atoms. The second-order valence-electron chi connectivity index (χ2n) is 7.46. The van der Waals surface area contributed by atoms with Crippen LogP contribution >= 0.6 is 0 Å². The molecule has 0 bridgehead atoms. The van der Waals surface area contributed by atoms with Crippen molar-refractivity contribution >= 4 is 0 Å². The van der Waals surface area contributed by atoms with Gasteiger partial charge in [0.05, 0.1) is 0 Å². The molecule has 0 radical (unpaired) electrons. The minimum Gasteiger partial charge on any atom is -0.316 e. The van der Waals surface area contributed by atoms with Crippen LogP contribution in [0.1, 0.15) is 55.4 Å². The summed E-state index contributed by atoms with van der Waals surface area (Å²) in [6.07, 6.45) is 5.31. The molecule has 2 atom stereocenters.